The summed E-state index contributed by atoms with van der Waals surface area (Å²) in [4.78, 5) is 55.3. The Kier molecular flexibility index (Phi) is 8.05. The first-order valence-corrected chi connectivity index (χ1v) is 12.8. The van der Waals surface area contributed by atoms with Crippen LogP contribution in [0.2, 0.25) is 0 Å². The van der Waals surface area contributed by atoms with Gasteiger partial charge in [-0.05, 0) is 43.2 Å². The van der Waals surface area contributed by atoms with Gasteiger partial charge in [-0.15, -0.1) is 0 Å². The summed E-state index contributed by atoms with van der Waals surface area (Å²) < 4.78 is 10.4. The highest BCUT2D eigenvalue weighted by Gasteiger charge is 2.48. The van der Waals surface area contributed by atoms with Gasteiger partial charge < -0.3 is 14.6 Å². The van der Waals surface area contributed by atoms with Crippen LogP contribution in [0, 0.1) is 17.0 Å². The Morgan fingerprint density at radius 1 is 1.21 bits per heavy atom. The summed E-state index contributed by atoms with van der Waals surface area (Å²) in [5.74, 6) is -2.56. The number of rotatable bonds is 9. The molecule has 0 spiro atoms. The lowest BCUT2D eigenvalue weighted by atomic mass is 9.95. The van der Waals surface area contributed by atoms with Crippen molar-refractivity contribution in [3.8, 4) is 5.75 Å². The second-order valence-electron chi connectivity index (χ2n) is 8.65. The maximum Gasteiger partial charge on any atom is 0.350 e. The third-order valence-corrected chi connectivity index (χ3v) is 7.23. The number of non-ortho nitro benzene ring substituents is 1. The highest BCUT2D eigenvalue weighted by molar-refractivity contribution is 7.17. The number of aryl methyl sites for hydroxylation is 1. The molecule has 1 atom stereocenters. The number of hydrogen-bond acceptors (Lipinski definition) is 10. The van der Waals surface area contributed by atoms with Crippen molar-refractivity contribution in [2.45, 2.75) is 32.7 Å². The summed E-state index contributed by atoms with van der Waals surface area (Å²) in [6.45, 7) is 4.12. The molecule has 2 aromatic carbocycles. The first kappa shape index (κ1) is 27.5. The van der Waals surface area contributed by atoms with Crippen LogP contribution in [0.5, 0.6) is 5.75 Å². The Balaban J connectivity index is 1.86. The lowest BCUT2D eigenvalue weighted by Crippen LogP contribution is -2.29. The molecule has 1 fully saturated rings. The number of nitro groups is 1. The monoisotopic (exact) mass is 551 g/mol. The third-order valence-electron chi connectivity index (χ3n) is 6.10. The minimum atomic E-state index is -1.25. The van der Waals surface area contributed by atoms with Crippen LogP contribution < -0.4 is 9.64 Å². The molecule has 3 aromatic rings. The van der Waals surface area contributed by atoms with Crippen LogP contribution in [0.15, 0.2) is 54.1 Å². The normalized spacial score (nSPS) is 16.4. The van der Waals surface area contributed by atoms with Crippen molar-refractivity contribution >= 4 is 45.6 Å². The number of nitro benzene ring substituents is 1. The number of benzene rings is 2. The molecule has 39 heavy (non-hydrogen) atoms. The highest BCUT2D eigenvalue weighted by atomic mass is 32.1. The molecule has 1 saturated heterocycles. The molecule has 0 bridgehead atoms. The predicted octanol–water partition coefficient (Wildman–Crippen LogP) is 4.95. The van der Waals surface area contributed by atoms with E-state index in [9.17, 15) is 29.6 Å². The number of nitrogens with zero attached hydrogens (tertiary/aromatic N) is 3. The molecule has 1 N–H and O–H groups in total. The van der Waals surface area contributed by atoms with Crippen molar-refractivity contribution in [1.82, 2.24) is 4.98 Å². The predicted molar refractivity (Wildman–Crippen MR) is 143 cm³/mol. The summed E-state index contributed by atoms with van der Waals surface area (Å²) in [5.41, 5.74) is 0.193. The van der Waals surface area contributed by atoms with Crippen LogP contribution >= 0.6 is 11.3 Å². The van der Waals surface area contributed by atoms with E-state index in [1.54, 1.807) is 31.2 Å². The van der Waals surface area contributed by atoms with Crippen LogP contribution in [-0.2, 0) is 14.3 Å². The van der Waals surface area contributed by atoms with E-state index < -0.39 is 34.4 Å². The number of methoxy groups -OCH3 is 1. The molecular weight excluding hydrogens is 526 g/mol. The molecule has 1 aliphatic heterocycles. The van der Waals surface area contributed by atoms with Crippen molar-refractivity contribution in [3.05, 3.63) is 85.9 Å². The second kappa shape index (κ2) is 11.4. The number of aliphatic hydroxyl groups is 1. The summed E-state index contributed by atoms with van der Waals surface area (Å²) in [5, 5.41) is 22.8. The van der Waals surface area contributed by atoms with Gasteiger partial charge in [-0.1, -0.05) is 36.8 Å². The van der Waals surface area contributed by atoms with Gasteiger partial charge in [-0.2, -0.15) is 0 Å². The van der Waals surface area contributed by atoms with Gasteiger partial charge >= 0.3 is 11.9 Å². The van der Waals surface area contributed by atoms with Crippen molar-refractivity contribution in [1.29, 1.82) is 0 Å². The number of thiazole rings is 1. The average molecular weight is 552 g/mol. The smallest absolute Gasteiger partial charge is 0.350 e. The summed E-state index contributed by atoms with van der Waals surface area (Å²) in [7, 11) is 1.20. The zero-order valence-electron chi connectivity index (χ0n) is 21.4. The number of aromatic nitrogens is 1. The minimum absolute atomic E-state index is 0.00484. The number of aliphatic hydroxyl groups excluding tert-OH is 1. The van der Waals surface area contributed by atoms with Crippen LogP contribution in [0.1, 0.15) is 52.3 Å². The van der Waals surface area contributed by atoms with Gasteiger partial charge in [-0.25, -0.2) is 9.78 Å². The van der Waals surface area contributed by atoms with Crippen molar-refractivity contribution in [3.63, 3.8) is 0 Å². The third kappa shape index (κ3) is 5.36. The molecule has 0 saturated carbocycles. The number of esters is 1. The van der Waals surface area contributed by atoms with Crippen molar-refractivity contribution < 1.29 is 33.9 Å². The SMILES string of the molecule is CCCCOc1ccc(C(O)=C2C(=O)C(=O)N(c3nc(C)c(C(=O)OC)s3)C2c2cccc([N+](=O)[O-])c2)cc1. The van der Waals surface area contributed by atoms with E-state index in [4.69, 9.17) is 9.47 Å². The van der Waals surface area contributed by atoms with Gasteiger partial charge in [-0.3, -0.25) is 24.6 Å². The Morgan fingerprint density at radius 2 is 1.92 bits per heavy atom. The Morgan fingerprint density at radius 3 is 2.56 bits per heavy atom. The first-order chi connectivity index (χ1) is 18.7. The lowest BCUT2D eigenvalue weighted by Gasteiger charge is -2.22. The molecule has 202 valence electrons. The van der Waals surface area contributed by atoms with E-state index >= 15 is 0 Å². The van der Waals surface area contributed by atoms with Gasteiger partial charge in [0.05, 0.1) is 35.9 Å². The van der Waals surface area contributed by atoms with Crippen LogP contribution in [0.4, 0.5) is 10.8 Å². The van der Waals surface area contributed by atoms with Gasteiger partial charge in [0.15, 0.2) is 5.13 Å². The van der Waals surface area contributed by atoms with E-state index in [1.807, 2.05) is 6.92 Å². The minimum Gasteiger partial charge on any atom is -0.507 e. The molecule has 1 amide bonds. The fourth-order valence-corrected chi connectivity index (χ4v) is 5.13. The van der Waals surface area contributed by atoms with Gasteiger partial charge in [0, 0.05) is 17.7 Å². The van der Waals surface area contributed by atoms with E-state index in [0.717, 1.165) is 29.1 Å². The number of anilines is 1. The number of carbonyl (C=O) groups excluding carboxylic acids is 3. The second-order valence-corrected chi connectivity index (χ2v) is 9.63. The number of hydrogen-bond donors (Lipinski definition) is 1. The van der Waals surface area contributed by atoms with Gasteiger partial charge in [0.1, 0.15) is 16.4 Å². The lowest BCUT2D eigenvalue weighted by molar-refractivity contribution is -0.384. The fraction of sp³-hybridized carbons (Fsp3) is 0.259. The summed E-state index contributed by atoms with van der Waals surface area (Å²) >= 11 is 0.838. The van der Waals surface area contributed by atoms with Crippen molar-refractivity contribution in [2.75, 3.05) is 18.6 Å². The molecular formula is C27H25N3O8S. The van der Waals surface area contributed by atoms with Gasteiger partial charge in [0.25, 0.3) is 11.5 Å². The average Bonchev–Trinajstić information content (AvgIpc) is 3.44. The number of unbranched alkanes of at least 4 members (excludes halogenated alkanes) is 1. The Bertz CT molecular complexity index is 1480. The quantitative estimate of drug-likeness (QED) is 0.0741. The van der Waals surface area contributed by atoms with Gasteiger partial charge in [0.2, 0.25) is 0 Å². The number of amides is 1. The molecule has 1 aliphatic rings. The molecule has 11 nitrogen and oxygen atoms in total. The van der Waals surface area contributed by atoms with Crippen molar-refractivity contribution in [2.24, 2.45) is 0 Å². The van der Waals surface area contributed by atoms with Crippen LogP contribution in [0.3, 0.4) is 0 Å². The zero-order valence-corrected chi connectivity index (χ0v) is 22.2. The summed E-state index contributed by atoms with van der Waals surface area (Å²) in [6, 6.07) is 10.6. The maximum atomic E-state index is 13.3. The topological polar surface area (TPSA) is 149 Å². The zero-order chi connectivity index (χ0) is 28.3. The first-order valence-electron chi connectivity index (χ1n) is 12.0. The highest BCUT2D eigenvalue weighted by Crippen LogP contribution is 2.44. The van der Waals surface area contributed by atoms with Crippen LogP contribution in [-0.4, -0.2) is 46.4 Å². The fourth-order valence-electron chi connectivity index (χ4n) is 4.12. The molecule has 0 radical (unpaired) electrons. The van der Waals surface area contributed by atoms with Crippen LogP contribution in [0.25, 0.3) is 5.76 Å². The van der Waals surface area contributed by atoms with E-state index in [2.05, 4.69) is 4.98 Å². The molecule has 1 aromatic heterocycles. The standard InChI is InChI=1S/C27H25N3O8S/c1-4-5-13-38-19-11-9-16(10-12-19)22(31)20-21(17-7-6-8-18(14-17)30(35)36)29(25(33)23(20)32)27-28-15(2)24(39-27)26(34)37-3/h6-12,14,21,31H,4-5,13H2,1-3H3. The van der Waals surface area contributed by atoms with E-state index in [0.29, 0.717) is 12.4 Å². The molecule has 2 heterocycles. The van der Waals surface area contributed by atoms with E-state index in [-0.39, 0.29) is 38.1 Å². The number of ether oxygens (including phenoxy) is 2. The maximum absolute atomic E-state index is 13.3. The largest absolute Gasteiger partial charge is 0.507 e. The Labute approximate surface area is 227 Å². The molecule has 0 aliphatic carbocycles. The van der Waals surface area contributed by atoms with E-state index in [1.165, 1.54) is 31.4 Å². The Hall–Kier alpha value is -4.58. The number of carbonyl (C=O) groups is 3. The molecule has 12 heteroatoms. The number of ketones is 1. The molecule has 1 unspecified atom stereocenters. The number of Topliss-reactive ketones (excluding diaryl/α,β-unsaturated/α-hetero) is 1. The summed E-state index contributed by atoms with van der Waals surface area (Å²) in [6.07, 6.45) is 1.85. The molecule has 4 rings (SSSR count).